The highest BCUT2D eigenvalue weighted by molar-refractivity contribution is 9.10. The van der Waals surface area contributed by atoms with E-state index in [1.54, 1.807) is 13.8 Å². The van der Waals surface area contributed by atoms with Gasteiger partial charge in [0, 0.05) is 6.54 Å². The SMILES string of the molecule is CCOC(=O)C(C)NCC(Br)C(=O)OC. The zero-order chi connectivity index (χ0) is 11.8. The molecule has 2 unspecified atom stereocenters. The smallest absolute Gasteiger partial charge is 0.322 e. The van der Waals surface area contributed by atoms with Crippen LogP contribution in [0.1, 0.15) is 13.8 Å². The van der Waals surface area contributed by atoms with Gasteiger partial charge in [0.1, 0.15) is 10.9 Å². The van der Waals surface area contributed by atoms with Gasteiger partial charge < -0.3 is 14.8 Å². The van der Waals surface area contributed by atoms with Crippen molar-refractivity contribution in [2.75, 3.05) is 20.3 Å². The second-order valence-corrected chi connectivity index (χ2v) is 3.98. The van der Waals surface area contributed by atoms with Gasteiger partial charge >= 0.3 is 11.9 Å². The number of esters is 2. The average Bonchev–Trinajstić information content (AvgIpc) is 2.24. The van der Waals surface area contributed by atoms with Crippen molar-refractivity contribution in [2.45, 2.75) is 24.7 Å². The molecule has 2 atom stereocenters. The first-order valence-corrected chi connectivity index (χ1v) is 5.56. The van der Waals surface area contributed by atoms with Gasteiger partial charge in [-0.3, -0.25) is 9.59 Å². The van der Waals surface area contributed by atoms with Crippen molar-refractivity contribution in [3.8, 4) is 0 Å². The number of rotatable bonds is 6. The van der Waals surface area contributed by atoms with Gasteiger partial charge in [-0.25, -0.2) is 0 Å². The molecule has 0 aromatic carbocycles. The third-order valence-electron chi connectivity index (χ3n) is 1.70. The van der Waals surface area contributed by atoms with E-state index in [9.17, 15) is 9.59 Å². The van der Waals surface area contributed by atoms with Crippen molar-refractivity contribution in [3.05, 3.63) is 0 Å². The molecule has 0 aromatic heterocycles. The minimum Gasteiger partial charge on any atom is -0.468 e. The molecular weight excluding hydrogens is 266 g/mol. The maximum atomic E-state index is 11.2. The molecule has 0 spiro atoms. The van der Waals surface area contributed by atoms with Gasteiger partial charge in [0.15, 0.2) is 0 Å². The van der Waals surface area contributed by atoms with Gasteiger partial charge in [0.2, 0.25) is 0 Å². The van der Waals surface area contributed by atoms with E-state index in [0.717, 1.165) is 0 Å². The van der Waals surface area contributed by atoms with E-state index in [1.165, 1.54) is 7.11 Å². The lowest BCUT2D eigenvalue weighted by Crippen LogP contribution is -2.40. The summed E-state index contributed by atoms with van der Waals surface area (Å²) >= 11 is 3.13. The third-order valence-corrected chi connectivity index (χ3v) is 2.40. The van der Waals surface area contributed by atoms with Crippen LogP contribution in [0.4, 0.5) is 0 Å². The number of hydrogen-bond acceptors (Lipinski definition) is 5. The van der Waals surface area contributed by atoms with Crippen molar-refractivity contribution in [3.63, 3.8) is 0 Å². The van der Waals surface area contributed by atoms with Crippen LogP contribution in [0.3, 0.4) is 0 Å². The minimum absolute atomic E-state index is 0.312. The number of ether oxygens (including phenoxy) is 2. The van der Waals surface area contributed by atoms with Gasteiger partial charge in [-0.1, -0.05) is 15.9 Å². The van der Waals surface area contributed by atoms with E-state index in [0.29, 0.717) is 13.2 Å². The summed E-state index contributed by atoms with van der Waals surface area (Å²) in [6.45, 7) is 4.08. The summed E-state index contributed by atoms with van der Waals surface area (Å²) in [5, 5.41) is 2.86. The molecule has 0 aliphatic carbocycles. The molecular formula is C9H16BrNO4. The van der Waals surface area contributed by atoms with Crippen molar-refractivity contribution in [1.29, 1.82) is 0 Å². The normalized spacial score (nSPS) is 14.1. The first-order chi connectivity index (χ1) is 7.02. The number of nitrogens with one attached hydrogen (secondary N) is 1. The molecule has 1 N–H and O–H groups in total. The molecule has 15 heavy (non-hydrogen) atoms. The summed E-state index contributed by atoms with van der Waals surface area (Å²) in [6, 6.07) is -0.436. The van der Waals surface area contributed by atoms with E-state index in [4.69, 9.17) is 4.74 Å². The van der Waals surface area contributed by atoms with Crippen LogP contribution in [0.5, 0.6) is 0 Å². The second-order valence-electron chi connectivity index (χ2n) is 2.87. The molecule has 5 nitrogen and oxygen atoms in total. The molecule has 0 saturated heterocycles. The Bertz CT molecular complexity index is 222. The van der Waals surface area contributed by atoms with Gasteiger partial charge in [0.05, 0.1) is 13.7 Å². The second kappa shape index (κ2) is 7.64. The van der Waals surface area contributed by atoms with Crippen LogP contribution in [-0.2, 0) is 19.1 Å². The Morgan fingerprint density at radius 1 is 1.40 bits per heavy atom. The van der Waals surface area contributed by atoms with Crippen LogP contribution < -0.4 is 5.32 Å². The largest absolute Gasteiger partial charge is 0.468 e. The molecule has 0 amide bonds. The quantitative estimate of drug-likeness (QED) is 0.566. The van der Waals surface area contributed by atoms with Crippen molar-refractivity contribution in [2.24, 2.45) is 0 Å². The van der Waals surface area contributed by atoms with E-state index in [1.807, 2.05) is 0 Å². The number of carbonyl (C=O) groups excluding carboxylic acids is 2. The van der Waals surface area contributed by atoms with Crippen LogP contribution in [-0.4, -0.2) is 43.1 Å². The molecule has 0 aliphatic rings. The fourth-order valence-corrected chi connectivity index (χ4v) is 1.22. The molecule has 0 radical (unpaired) electrons. The minimum atomic E-state index is -0.459. The highest BCUT2D eigenvalue weighted by Gasteiger charge is 2.19. The lowest BCUT2D eigenvalue weighted by molar-refractivity contribution is -0.145. The summed E-state index contributed by atoms with van der Waals surface area (Å²) in [5.74, 6) is -0.708. The fourth-order valence-electron chi connectivity index (χ4n) is 0.842. The first kappa shape index (κ1) is 14.4. The fraction of sp³-hybridized carbons (Fsp3) is 0.778. The summed E-state index contributed by atoms with van der Waals surface area (Å²) < 4.78 is 9.30. The Morgan fingerprint density at radius 2 is 2.00 bits per heavy atom. The highest BCUT2D eigenvalue weighted by atomic mass is 79.9. The topological polar surface area (TPSA) is 64.6 Å². The zero-order valence-electron chi connectivity index (χ0n) is 9.08. The number of halogens is 1. The van der Waals surface area contributed by atoms with Crippen molar-refractivity contribution < 1.29 is 19.1 Å². The van der Waals surface area contributed by atoms with Crippen LogP contribution in [0.15, 0.2) is 0 Å². The average molecular weight is 282 g/mol. The standard InChI is InChI=1S/C9H16BrNO4/c1-4-15-8(12)6(2)11-5-7(10)9(13)14-3/h6-7,11H,4-5H2,1-3H3. The molecule has 0 heterocycles. The maximum absolute atomic E-state index is 11.2. The predicted octanol–water partition coefficient (Wildman–Crippen LogP) is 0.464. The van der Waals surface area contributed by atoms with Gasteiger partial charge in [-0.05, 0) is 13.8 Å². The lowest BCUT2D eigenvalue weighted by atomic mass is 10.3. The number of alkyl halides is 1. The summed E-state index contributed by atoms with van der Waals surface area (Å²) in [5.41, 5.74) is 0. The lowest BCUT2D eigenvalue weighted by Gasteiger charge is -2.14. The molecule has 0 aromatic rings. The Balaban J connectivity index is 3.84. The van der Waals surface area contributed by atoms with Crippen LogP contribution >= 0.6 is 15.9 Å². The monoisotopic (exact) mass is 281 g/mol. The first-order valence-electron chi connectivity index (χ1n) is 4.64. The highest BCUT2D eigenvalue weighted by Crippen LogP contribution is 2.00. The Morgan fingerprint density at radius 3 is 2.47 bits per heavy atom. The molecule has 0 rings (SSSR count). The number of methoxy groups -OCH3 is 1. The zero-order valence-corrected chi connectivity index (χ0v) is 10.7. The van der Waals surface area contributed by atoms with Crippen LogP contribution in [0.25, 0.3) is 0 Å². The number of hydrogen-bond donors (Lipinski definition) is 1. The maximum Gasteiger partial charge on any atom is 0.322 e. The molecule has 0 fully saturated rings. The van der Waals surface area contributed by atoms with Crippen LogP contribution in [0, 0.1) is 0 Å². The predicted molar refractivity (Wildman–Crippen MR) is 58.8 cm³/mol. The summed E-state index contributed by atoms with van der Waals surface area (Å²) in [7, 11) is 1.31. The van der Waals surface area contributed by atoms with E-state index >= 15 is 0 Å². The van der Waals surface area contributed by atoms with Crippen LogP contribution in [0.2, 0.25) is 0 Å². The molecule has 88 valence electrons. The van der Waals surface area contributed by atoms with E-state index in [2.05, 4.69) is 26.0 Å². The van der Waals surface area contributed by atoms with Gasteiger partial charge in [-0.2, -0.15) is 0 Å². The molecule has 0 bridgehead atoms. The Hall–Kier alpha value is -0.620. The Kier molecular flexibility index (Phi) is 7.33. The number of carbonyl (C=O) groups is 2. The van der Waals surface area contributed by atoms with Crippen molar-refractivity contribution in [1.82, 2.24) is 5.32 Å². The van der Waals surface area contributed by atoms with Crippen molar-refractivity contribution >= 4 is 27.9 Å². The summed E-state index contributed by atoms with van der Waals surface area (Å²) in [4.78, 5) is 21.7. The Labute approximate surface area is 97.6 Å². The van der Waals surface area contributed by atoms with E-state index < -0.39 is 10.9 Å². The third kappa shape index (κ3) is 5.74. The molecule has 0 aliphatic heterocycles. The molecule has 0 saturated carbocycles. The van der Waals surface area contributed by atoms with Gasteiger partial charge in [0.25, 0.3) is 0 Å². The summed E-state index contributed by atoms with van der Waals surface area (Å²) in [6.07, 6.45) is 0. The van der Waals surface area contributed by atoms with Gasteiger partial charge in [-0.15, -0.1) is 0 Å². The molecule has 6 heteroatoms. The van der Waals surface area contributed by atoms with E-state index in [-0.39, 0.29) is 11.9 Å².